The van der Waals surface area contributed by atoms with Crippen molar-refractivity contribution in [1.82, 2.24) is 5.32 Å². The first-order valence-electron chi connectivity index (χ1n) is 11.3. The molecule has 0 saturated heterocycles. The van der Waals surface area contributed by atoms with Gasteiger partial charge in [-0.25, -0.2) is 0 Å². The van der Waals surface area contributed by atoms with Crippen molar-refractivity contribution in [1.29, 1.82) is 0 Å². The number of benzene rings is 1. The smallest absolute Gasteiger partial charge is 0.308 e. The van der Waals surface area contributed by atoms with Gasteiger partial charge in [-0.2, -0.15) is 0 Å². The van der Waals surface area contributed by atoms with Crippen LogP contribution in [-0.2, 0) is 25.5 Å². The van der Waals surface area contributed by atoms with Crippen molar-refractivity contribution in [2.75, 3.05) is 18.5 Å². The molecule has 0 aromatic heterocycles. The minimum Gasteiger partial charge on any atom is -0.456 e. The fourth-order valence-electron chi connectivity index (χ4n) is 6.09. The van der Waals surface area contributed by atoms with E-state index in [4.69, 9.17) is 4.74 Å². The Labute approximate surface area is 178 Å². The molecular weight excluding hydrogens is 380 g/mol. The van der Waals surface area contributed by atoms with Gasteiger partial charge in [0.25, 0.3) is 5.91 Å². The summed E-state index contributed by atoms with van der Waals surface area (Å²) in [5.74, 6) is 1.40. The first-order valence-corrected chi connectivity index (χ1v) is 11.3. The highest BCUT2D eigenvalue weighted by atomic mass is 16.5. The van der Waals surface area contributed by atoms with Gasteiger partial charge in [-0.1, -0.05) is 19.1 Å². The Morgan fingerprint density at radius 3 is 2.17 bits per heavy atom. The van der Waals surface area contributed by atoms with Crippen molar-refractivity contribution >= 4 is 23.5 Å². The summed E-state index contributed by atoms with van der Waals surface area (Å²) >= 11 is 0. The molecule has 5 rings (SSSR count). The van der Waals surface area contributed by atoms with Gasteiger partial charge in [-0.15, -0.1) is 0 Å². The van der Waals surface area contributed by atoms with Crippen LogP contribution in [0.15, 0.2) is 24.3 Å². The quantitative estimate of drug-likeness (QED) is 0.641. The SMILES string of the molecule is CCc1ccc(NC(=O)COC(=O)CCNC(=O)C23CC4CC(CC(C4)C2)C3)cc1. The molecule has 4 bridgehead atoms. The molecule has 162 valence electrons. The molecule has 1 aromatic rings. The van der Waals surface area contributed by atoms with Crippen molar-refractivity contribution < 1.29 is 19.1 Å². The minimum absolute atomic E-state index is 0.0799. The van der Waals surface area contributed by atoms with E-state index in [9.17, 15) is 14.4 Å². The number of hydrogen-bond acceptors (Lipinski definition) is 4. The van der Waals surface area contributed by atoms with Gasteiger partial charge in [-0.3, -0.25) is 14.4 Å². The van der Waals surface area contributed by atoms with Crippen LogP contribution in [0.4, 0.5) is 5.69 Å². The lowest BCUT2D eigenvalue weighted by Crippen LogP contribution is -2.53. The van der Waals surface area contributed by atoms with Gasteiger partial charge < -0.3 is 15.4 Å². The average Bonchev–Trinajstić information content (AvgIpc) is 2.72. The molecule has 0 unspecified atom stereocenters. The molecule has 2 amide bonds. The van der Waals surface area contributed by atoms with Gasteiger partial charge in [0.05, 0.1) is 6.42 Å². The van der Waals surface area contributed by atoms with Crippen molar-refractivity contribution in [2.45, 2.75) is 58.3 Å². The van der Waals surface area contributed by atoms with E-state index in [1.165, 1.54) is 24.8 Å². The Balaban J connectivity index is 1.15. The molecule has 0 spiro atoms. The van der Waals surface area contributed by atoms with Gasteiger partial charge >= 0.3 is 5.97 Å². The number of nitrogens with one attached hydrogen (secondary N) is 2. The van der Waals surface area contributed by atoms with Gasteiger partial charge in [0.15, 0.2) is 6.61 Å². The molecule has 0 heterocycles. The van der Waals surface area contributed by atoms with E-state index in [0.29, 0.717) is 23.4 Å². The number of anilines is 1. The van der Waals surface area contributed by atoms with Crippen molar-refractivity contribution in [3.05, 3.63) is 29.8 Å². The van der Waals surface area contributed by atoms with Crippen LogP contribution in [0.3, 0.4) is 0 Å². The second-order valence-electron chi connectivity index (χ2n) is 9.46. The molecule has 0 aliphatic heterocycles. The first-order chi connectivity index (χ1) is 14.5. The topological polar surface area (TPSA) is 84.5 Å². The molecule has 30 heavy (non-hydrogen) atoms. The Hall–Kier alpha value is -2.37. The lowest BCUT2D eigenvalue weighted by atomic mass is 9.49. The molecule has 4 aliphatic carbocycles. The van der Waals surface area contributed by atoms with Crippen LogP contribution in [0.2, 0.25) is 0 Å². The van der Waals surface area contributed by atoms with Crippen molar-refractivity contribution in [3.8, 4) is 0 Å². The van der Waals surface area contributed by atoms with Crippen molar-refractivity contribution in [3.63, 3.8) is 0 Å². The zero-order chi connectivity index (χ0) is 21.1. The maximum atomic E-state index is 12.9. The molecule has 1 aromatic carbocycles. The average molecular weight is 413 g/mol. The maximum Gasteiger partial charge on any atom is 0.308 e. The largest absolute Gasteiger partial charge is 0.456 e. The van der Waals surface area contributed by atoms with Crippen LogP contribution in [0.1, 0.15) is 57.4 Å². The summed E-state index contributed by atoms with van der Waals surface area (Å²) in [5, 5.41) is 5.68. The van der Waals surface area contributed by atoms with Gasteiger partial charge in [0.1, 0.15) is 0 Å². The number of ether oxygens (including phenoxy) is 1. The standard InChI is InChI=1S/C24H32N2O4/c1-2-16-3-5-20(6-4-16)26-21(27)15-30-22(28)7-8-25-23(29)24-12-17-9-18(13-24)11-19(10-17)14-24/h3-6,17-19H,2,7-15H2,1H3,(H,25,29)(H,26,27). The predicted octanol–water partition coefficient (Wildman–Crippen LogP) is 3.45. The molecule has 0 radical (unpaired) electrons. The molecule has 6 nitrogen and oxygen atoms in total. The van der Waals surface area contributed by atoms with Crippen LogP contribution in [0, 0.1) is 23.2 Å². The molecule has 4 aliphatic rings. The van der Waals surface area contributed by atoms with E-state index >= 15 is 0 Å². The summed E-state index contributed by atoms with van der Waals surface area (Å²) in [5.41, 5.74) is 1.66. The van der Waals surface area contributed by atoms with E-state index < -0.39 is 5.97 Å². The number of aryl methyl sites for hydroxylation is 1. The third-order valence-corrected chi connectivity index (χ3v) is 7.14. The van der Waals surface area contributed by atoms with Gasteiger partial charge in [0, 0.05) is 17.6 Å². The molecule has 0 atom stereocenters. The highest BCUT2D eigenvalue weighted by Crippen LogP contribution is 2.60. The van der Waals surface area contributed by atoms with Crippen LogP contribution in [0.5, 0.6) is 0 Å². The number of hydrogen-bond donors (Lipinski definition) is 2. The Kier molecular flexibility index (Phi) is 6.11. The Morgan fingerprint density at radius 2 is 1.60 bits per heavy atom. The van der Waals surface area contributed by atoms with Crippen LogP contribution in [-0.4, -0.2) is 30.9 Å². The summed E-state index contributed by atoms with van der Waals surface area (Å²) in [6.45, 7) is 2.01. The molecular formula is C24H32N2O4. The molecule has 4 fully saturated rings. The highest BCUT2D eigenvalue weighted by molar-refractivity contribution is 5.92. The van der Waals surface area contributed by atoms with Crippen LogP contribution in [0.25, 0.3) is 0 Å². The lowest BCUT2D eigenvalue weighted by molar-refractivity contribution is -0.148. The third-order valence-electron chi connectivity index (χ3n) is 7.14. The van der Waals surface area contributed by atoms with Crippen LogP contribution < -0.4 is 10.6 Å². The summed E-state index contributed by atoms with van der Waals surface area (Å²) in [6, 6.07) is 7.57. The van der Waals surface area contributed by atoms with Crippen LogP contribution >= 0.6 is 0 Å². The second kappa shape index (κ2) is 8.78. The van der Waals surface area contributed by atoms with E-state index in [1.54, 1.807) is 0 Å². The fourth-order valence-corrected chi connectivity index (χ4v) is 6.09. The van der Waals surface area contributed by atoms with E-state index in [1.807, 2.05) is 24.3 Å². The zero-order valence-electron chi connectivity index (χ0n) is 17.7. The second-order valence-corrected chi connectivity index (χ2v) is 9.46. The number of carbonyl (C=O) groups excluding carboxylic acids is 3. The van der Waals surface area contributed by atoms with Gasteiger partial charge in [-0.05, 0) is 80.4 Å². The number of carbonyl (C=O) groups is 3. The van der Waals surface area contributed by atoms with E-state index in [0.717, 1.165) is 25.7 Å². The summed E-state index contributed by atoms with van der Waals surface area (Å²) in [7, 11) is 0. The monoisotopic (exact) mass is 412 g/mol. The number of esters is 1. The molecule has 2 N–H and O–H groups in total. The Morgan fingerprint density at radius 1 is 1.00 bits per heavy atom. The predicted molar refractivity (Wildman–Crippen MR) is 114 cm³/mol. The summed E-state index contributed by atoms with van der Waals surface area (Å²) < 4.78 is 5.05. The Bertz CT molecular complexity index is 767. The summed E-state index contributed by atoms with van der Waals surface area (Å²) in [6.07, 6.45) is 7.93. The number of rotatable bonds is 8. The van der Waals surface area contributed by atoms with E-state index in [-0.39, 0.29) is 36.8 Å². The third kappa shape index (κ3) is 4.68. The van der Waals surface area contributed by atoms with Gasteiger partial charge in [0.2, 0.25) is 5.91 Å². The van der Waals surface area contributed by atoms with Crippen molar-refractivity contribution in [2.24, 2.45) is 23.2 Å². The minimum atomic E-state index is -0.475. The fraction of sp³-hybridized carbons (Fsp3) is 0.625. The summed E-state index contributed by atoms with van der Waals surface area (Å²) in [4.78, 5) is 36.8. The molecule has 6 heteroatoms. The highest BCUT2D eigenvalue weighted by Gasteiger charge is 2.54. The first kappa shape index (κ1) is 20.9. The normalized spacial score (nSPS) is 28.8. The maximum absolute atomic E-state index is 12.9. The lowest BCUT2D eigenvalue weighted by Gasteiger charge is -2.55. The number of amides is 2. The van der Waals surface area contributed by atoms with E-state index in [2.05, 4.69) is 17.6 Å². The molecule has 4 saturated carbocycles. The zero-order valence-corrected chi connectivity index (χ0v) is 17.7.